The van der Waals surface area contributed by atoms with Crippen LogP contribution in [-0.4, -0.2) is 27.8 Å². The van der Waals surface area contributed by atoms with E-state index in [9.17, 15) is 14.4 Å². The zero-order chi connectivity index (χ0) is 15.9. The van der Waals surface area contributed by atoms with E-state index in [1.807, 2.05) is 18.2 Å². The summed E-state index contributed by atoms with van der Waals surface area (Å²) in [6.45, 7) is 1.50. The molecule has 2 amide bonds. The molecule has 0 saturated carbocycles. The minimum Gasteiger partial charge on any atom is -0.353 e. The van der Waals surface area contributed by atoms with Gasteiger partial charge < -0.3 is 4.74 Å². The van der Waals surface area contributed by atoms with Crippen molar-refractivity contribution in [3.63, 3.8) is 0 Å². The van der Waals surface area contributed by atoms with Gasteiger partial charge >= 0.3 is 0 Å². The summed E-state index contributed by atoms with van der Waals surface area (Å²) in [7, 11) is 1.74. The number of nitrogens with zero attached hydrogens (tertiary/aromatic N) is 2. The number of carbonyl (C=O) groups is 2. The number of carbonyl (C=O) groups excluding carboxylic acids is 2. The first-order valence-electron chi connectivity index (χ1n) is 6.80. The molecule has 114 valence electrons. The van der Waals surface area contributed by atoms with Crippen LogP contribution in [0.1, 0.15) is 17.4 Å². The molecular weight excluding hydrogens is 286 g/mol. The molecule has 1 atom stereocenters. The van der Waals surface area contributed by atoms with Gasteiger partial charge in [-0.25, -0.2) is 4.68 Å². The normalized spacial score (nSPS) is 18.4. The molecule has 1 aliphatic heterocycles. The molecule has 2 heterocycles. The molecule has 1 N–H and O–H groups in total. The van der Waals surface area contributed by atoms with E-state index in [-0.39, 0.29) is 17.7 Å². The summed E-state index contributed by atoms with van der Waals surface area (Å²) in [4.78, 5) is 35.9. The third-order valence-corrected chi connectivity index (χ3v) is 3.74. The predicted octanol–water partition coefficient (Wildman–Crippen LogP) is 0.199. The Morgan fingerprint density at radius 1 is 1.18 bits per heavy atom. The van der Waals surface area contributed by atoms with Gasteiger partial charge in [-0.3, -0.25) is 24.4 Å². The van der Waals surface area contributed by atoms with Crippen molar-refractivity contribution in [3.05, 3.63) is 51.9 Å². The minimum absolute atomic E-state index is 0.241. The Morgan fingerprint density at radius 3 is 2.50 bits per heavy atom. The maximum Gasteiger partial charge on any atom is 0.278 e. The number of rotatable bonds is 2. The zero-order valence-electron chi connectivity index (χ0n) is 12.2. The molecule has 1 saturated heterocycles. The Hall–Kier alpha value is -2.67. The van der Waals surface area contributed by atoms with Gasteiger partial charge in [0.15, 0.2) is 6.10 Å². The molecule has 3 rings (SSSR count). The van der Waals surface area contributed by atoms with E-state index in [1.54, 1.807) is 30.8 Å². The lowest BCUT2D eigenvalue weighted by molar-refractivity contribution is -0.150. The lowest BCUT2D eigenvalue weighted by Gasteiger charge is -2.20. The van der Waals surface area contributed by atoms with Crippen molar-refractivity contribution < 1.29 is 14.3 Å². The summed E-state index contributed by atoms with van der Waals surface area (Å²) in [6, 6.07) is 9.11. The molecule has 0 aliphatic carbocycles. The number of para-hydroxylation sites is 1. The highest BCUT2D eigenvalue weighted by Crippen LogP contribution is 2.22. The summed E-state index contributed by atoms with van der Waals surface area (Å²) in [5, 5.41) is 2.19. The molecule has 1 aromatic heterocycles. The third-order valence-electron chi connectivity index (χ3n) is 3.74. The van der Waals surface area contributed by atoms with Gasteiger partial charge in [0.2, 0.25) is 0 Å². The molecule has 7 heteroatoms. The second kappa shape index (κ2) is 5.27. The van der Waals surface area contributed by atoms with E-state index in [4.69, 9.17) is 4.74 Å². The fourth-order valence-corrected chi connectivity index (χ4v) is 2.58. The van der Waals surface area contributed by atoms with Crippen molar-refractivity contribution in [3.8, 4) is 5.69 Å². The number of aromatic nitrogens is 2. The first-order chi connectivity index (χ1) is 10.5. The van der Waals surface area contributed by atoms with E-state index >= 15 is 0 Å². The standard InChI is InChI=1S/C15H15N3O4/c1-9-12(13-14(20)16-11(19)8-22-13)15(21)18(17(9)2)10-6-4-3-5-7-10/h3-7,13H,8H2,1-2H3,(H,16,19,20). The van der Waals surface area contributed by atoms with Crippen molar-refractivity contribution in [1.29, 1.82) is 0 Å². The Kier molecular flexibility index (Phi) is 3.42. The molecule has 1 fully saturated rings. The number of ether oxygens (including phenoxy) is 1. The number of nitrogens with one attached hydrogen (secondary N) is 1. The summed E-state index contributed by atoms with van der Waals surface area (Å²) in [5.41, 5.74) is 1.22. The van der Waals surface area contributed by atoms with E-state index in [0.717, 1.165) is 0 Å². The zero-order valence-corrected chi connectivity index (χ0v) is 12.2. The van der Waals surface area contributed by atoms with Crippen molar-refractivity contribution in [2.45, 2.75) is 13.0 Å². The van der Waals surface area contributed by atoms with Crippen LogP contribution in [-0.2, 0) is 21.4 Å². The molecule has 22 heavy (non-hydrogen) atoms. The van der Waals surface area contributed by atoms with Gasteiger partial charge in [0, 0.05) is 12.7 Å². The lowest BCUT2D eigenvalue weighted by atomic mass is 10.1. The first-order valence-corrected chi connectivity index (χ1v) is 6.80. The van der Waals surface area contributed by atoms with Crippen LogP contribution in [0.3, 0.4) is 0 Å². The van der Waals surface area contributed by atoms with Crippen LogP contribution < -0.4 is 10.9 Å². The maximum absolute atomic E-state index is 12.7. The molecule has 7 nitrogen and oxygen atoms in total. The lowest BCUT2D eigenvalue weighted by Crippen LogP contribution is -2.45. The fraction of sp³-hybridized carbons (Fsp3) is 0.267. The fourth-order valence-electron chi connectivity index (χ4n) is 2.58. The van der Waals surface area contributed by atoms with Gasteiger partial charge in [0.05, 0.1) is 11.3 Å². The molecule has 1 aromatic carbocycles. The van der Waals surface area contributed by atoms with Crippen molar-refractivity contribution in [1.82, 2.24) is 14.7 Å². The Labute approximate surface area is 126 Å². The van der Waals surface area contributed by atoms with Crippen molar-refractivity contribution in [2.24, 2.45) is 7.05 Å². The highest BCUT2D eigenvalue weighted by Gasteiger charge is 2.34. The third kappa shape index (κ3) is 2.15. The van der Waals surface area contributed by atoms with Gasteiger partial charge in [-0.2, -0.15) is 0 Å². The highest BCUT2D eigenvalue weighted by molar-refractivity contribution is 6.00. The Balaban J connectivity index is 2.13. The van der Waals surface area contributed by atoms with E-state index in [2.05, 4.69) is 5.32 Å². The van der Waals surface area contributed by atoms with Crippen LogP contribution in [0.4, 0.5) is 0 Å². The Morgan fingerprint density at radius 2 is 1.86 bits per heavy atom. The van der Waals surface area contributed by atoms with Gasteiger partial charge in [-0.15, -0.1) is 0 Å². The van der Waals surface area contributed by atoms with Crippen LogP contribution in [0.15, 0.2) is 35.1 Å². The molecular formula is C15H15N3O4. The summed E-state index contributed by atoms with van der Waals surface area (Å²) in [6.07, 6.45) is -1.07. The van der Waals surface area contributed by atoms with Crippen LogP contribution in [0.25, 0.3) is 5.69 Å². The molecule has 0 radical (unpaired) electrons. The van der Waals surface area contributed by atoms with Crippen molar-refractivity contribution >= 4 is 11.8 Å². The quantitative estimate of drug-likeness (QED) is 0.803. The van der Waals surface area contributed by atoms with Gasteiger partial charge in [0.1, 0.15) is 6.61 Å². The summed E-state index contributed by atoms with van der Waals surface area (Å²) in [5.74, 6) is -1.11. The molecule has 0 bridgehead atoms. The Bertz CT molecular complexity index is 804. The van der Waals surface area contributed by atoms with E-state index in [0.29, 0.717) is 11.4 Å². The summed E-state index contributed by atoms with van der Waals surface area (Å²) >= 11 is 0. The smallest absolute Gasteiger partial charge is 0.278 e. The first kappa shape index (κ1) is 14.3. The number of amides is 2. The SMILES string of the molecule is Cc1c(C2OCC(=O)NC2=O)c(=O)n(-c2ccccc2)n1C. The minimum atomic E-state index is -1.07. The van der Waals surface area contributed by atoms with E-state index < -0.39 is 17.9 Å². The highest BCUT2D eigenvalue weighted by atomic mass is 16.5. The maximum atomic E-state index is 12.7. The number of hydrogen-bond donors (Lipinski definition) is 1. The largest absolute Gasteiger partial charge is 0.353 e. The van der Waals surface area contributed by atoms with Gasteiger partial charge in [-0.1, -0.05) is 18.2 Å². The number of imide groups is 1. The second-order valence-corrected chi connectivity index (χ2v) is 5.08. The predicted molar refractivity (Wildman–Crippen MR) is 77.6 cm³/mol. The second-order valence-electron chi connectivity index (χ2n) is 5.08. The average molecular weight is 301 g/mol. The van der Waals surface area contributed by atoms with Crippen LogP contribution >= 0.6 is 0 Å². The monoisotopic (exact) mass is 301 g/mol. The van der Waals surface area contributed by atoms with Crippen LogP contribution in [0, 0.1) is 6.92 Å². The molecule has 1 unspecified atom stereocenters. The van der Waals surface area contributed by atoms with Crippen LogP contribution in [0.5, 0.6) is 0 Å². The van der Waals surface area contributed by atoms with Gasteiger partial charge in [0.25, 0.3) is 17.4 Å². The molecule has 2 aromatic rings. The molecule has 1 aliphatic rings. The number of morpholine rings is 1. The van der Waals surface area contributed by atoms with E-state index in [1.165, 1.54) is 4.68 Å². The number of benzene rings is 1. The molecule has 0 spiro atoms. The van der Waals surface area contributed by atoms with Crippen molar-refractivity contribution in [2.75, 3.05) is 6.61 Å². The average Bonchev–Trinajstić information content (AvgIpc) is 2.71. The topological polar surface area (TPSA) is 82.3 Å². The van der Waals surface area contributed by atoms with Crippen LogP contribution in [0.2, 0.25) is 0 Å². The number of hydrogen-bond acceptors (Lipinski definition) is 4. The summed E-state index contributed by atoms with van der Waals surface area (Å²) < 4.78 is 8.40. The van der Waals surface area contributed by atoms with Gasteiger partial charge in [-0.05, 0) is 19.1 Å².